The zero-order chi connectivity index (χ0) is 18.3. The lowest BCUT2D eigenvalue weighted by Gasteiger charge is -2.39. The van der Waals surface area contributed by atoms with Crippen molar-refractivity contribution in [1.82, 2.24) is 19.8 Å². The Kier molecular flexibility index (Phi) is 4.86. The van der Waals surface area contributed by atoms with Crippen LogP contribution in [0.25, 0.3) is 0 Å². The average molecular weight is 358 g/mol. The highest BCUT2D eigenvalue weighted by molar-refractivity contribution is 5.78. The van der Waals surface area contributed by atoms with Gasteiger partial charge < -0.3 is 14.7 Å². The summed E-state index contributed by atoms with van der Waals surface area (Å²) in [6, 6.07) is 1.13. The monoisotopic (exact) mass is 357 g/mol. The van der Waals surface area contributed by atoms with E-state index in [0.29, 0.717) is 18.0 Å². The van der Waals surface area contributed by atoms with Gasteiger partial charge in [-0.1, -0.05) is 13.8 Å². The molecule has 3 fully saturated rings. The zero-order valence-corrected chi connectivity index (χ0v) is 16.3. The quantitative estimate of drug-likeness (QED) is 0.829. The Morgan fingerprint density at radius 3 is 2.15 bits per heavy atom. The summed E-state index contributed by atoms with van der Waals surface area (Å²) < 4.78 is 0. The van der Waals surface area contributed by atoms with Crippen LogP contribution in [0, 0.1) is 5.92 Å². The standard InChI is InChI=1S/C20H31N5O/c1-14(2)19(26)24-8-6-15(7-9-24)16-10-21-20(22-11-16)25-17-4-5-18(25)13-23(3)12-17/h10-11,14-15,17-18H,4-9,12-13H2,1-3H3. The lowest BCUT2D eigenvalue weighted by atomic mass is 9.91. The molecule has 26 heavy (non-hydrogen) atoms. The first-order valence-corrected chi connectivity index (χ1v) is 10.1. The topological polar surface area (TPSA) is 52.6 Å². The summed E-state index contributed by atoms with van der Waals surface area (Å²) in [6.45, 7) is 7.89. The highest BCUT2D eigenvalue weighted by Crippen LogP contribution is 2.33. The molecule has 4 heterocycles. The number of piperidine rings is 1. The van der Waals surface area contributed by atoms with Crippen LogP contribution in [-0.2, 0) is 4.79 Å². The Hall–Kier alpha value is -1.69. The minimum Gasteiger partial charge on any atom is -0.342 e. The van der Waals surface area contributed by atoms with Gasteiger partial charge in [0.1, 0.15) is 0 Å². The molecule has 3 aliphatic rings. The van der Waals surface area contributed by atoms with Crippen molar-refractivity contribution < 1.29 is 4.79 Å². The van der Waals surface area contributed by atoms with Gasteiger partial charge in [-0.05, 0) is 44.2 Å². The van der Waals surface area contributed by atoms with Crippen LogP contribution >= 0.6 is 0 Å². The summed E-state index contributed by atoms with van der Waals surface area (Å²) in [6.07, 6.45) is 8.60. The molecular weight excluding hydrogens is 326 g/mol. The van der Waals surface area contributed by atoms with Crippen molar-refractivity contribution in [1.29, 1.82) is 0 Å². The van der Waals surface area contributed by atoms with Gasteiger partial charge in [0.05, 0.1) is 0 Å². The van der Waals surface area contributed by atoms with Crippen molar-refractivity contribution >= 4 is 11.9 Å². The Balaban J connectivity index is 1.39. The van der Waals surface area contributed by atoms with Gasteiger partial charge in [-0.25, -0.2) is 9.97 Å². The van der Waals surface area contributed by atoms with Crippen LogP contribution in [0.1, 0.15) is 51.0 Å². The van der Waals surface area contributed by atoms with Crippen molar-refractivity contribution in [3.8, 4) is 0 Å². The minimum atomic E-state index is 0.0909. The maximum absolute atomic E-state index is 12.1. The highest BCUT2D eigenvalue weighted by Gasteiger charge is 2.40. The number of hydrogen-bond acceptors (Lipinski definition) is 5. The van der Waals surface area contributed by atoms with Gasteiger partial charge in [0.15, 0.2) is 0 Å². The van der Waals surface area contributed by atoms with E-state index in [0.717, 1.165) is 45.0 Å². The fourth-order valence-electron chi connectivity index (χ4n) is 4.91. The lowest BCUT2D eigenvalue weighted by molar-refractivity contribution is -0.135. The number of piperazine rings is 1. The molecule has 1 amide bonds. The van der Waals surface area contributed by atoms with E-state index in [9.17, 15) is 4.79 Å². The number of aromatic nitrogens is 2. The minimum absolute atomic E-state index is 0.0909. The highest BCUT2D eigenvalue weighted by atomic mass is 16.2. The van der Waals surface area contributed by atoms with Gasteiger partial charge in [0.2, 0.25) is 11.9 Å². The molecule has 0 saturated carbocycles. The van der Waals surface area contributed by atoms with E-state index in [2.05, 4.69) is 16.8 Å². The zero-order valence-electron chi connectivity index (χ0n) is 16.3. The van der Waals surface area contributed by atoms with Crippen LogP contribution in [-0.4, -0.2) is 71.0 Å². The molecule has 0 spiro atoms. The second-order valence-corrected chi connectivity index (χ2v) is 8.58. The first-order valence-electron chi connectivity index (χ1n) is 10.1. The van der Waals surface area contributed by atoms with E-state index >= 15 is 0 Å². The maximum atomic E-state index is 12.1. The number of carbonyl (C=O) groups is 1. The Morgan fingerprint density at radius 2 is 1.62 bits per heavy atom. The summed E-state index contributed by atoms with van der Waals surface area (Å²) in [5, 5.41) is 0. The van der Waals surface area contributed by atoms with Crippen molar-refractivity contribution in [2.45, 2.75) is 57.5 Å². The largest absolute Gasteiger partial charge is 0.342 e. The molecule has 1 aromatic rings. The normalized spacial score (nSPS) is 27.4. The van der Waals surface area contributed by atoms with Crippen LogP contribution in [0.15, 0.2) is 12.4 Å². The number of hydrogen-bond donors (Lipinski definition) is 0. The van der Waals surface area contributed by atoms with Crippen LogP contribution in [0.2, 0.25) is 0 Å². The third-order valence-electron chi connectivity index (χ3n) is 6.33. The van der Waals surface area contributed by atoms with E-state index in [1.165, 1.54) is 18.4 Å². The SMILES string of the molecule is CC(C)C(=O)N1CCC(c2cnc(N3C4CCC3CN(C)C4)nc2)CC1. The predicted molar refractivity (Wildman–Crippen MR) is 102 cm³/mol. The predicted octanol–water partition coefficient (Wildman–Crippen LogP) is 2.12. The van der Waals surface area contributed by atoms with Crippen molar-refractivity contribution in [3.63, 3.8) is 0 Å². The summed E-state index contributed by atoms with van der Waals surface area (Å²) in [4.78, 5) is 28.5. The van der Waals surface area contributed by atoms with Gasteiger partial charge in [0.25, 0.3) is 0 Å². The fourth-order valence-corrected chi connectivity index (χ4v) is 4.91. The van der Waals surface area contributed by atoms with Crippen LogP contribution in [0.4, 0.5) is 5.95 Å². The molecule has 3 saturated heterocycles. The number of fused-ring (bicyclic) bond motifs is 2. The van der Waals surface area contributed by atoms with Crippen LogP contribution in [0.5, 0.6) is 0 Å². The number of rotatable bonds is 3. The summed E-state index contributed by atoms with van der Waals surface area (Å²) in [5.41, 5.74) is 1.23. The van der Waals surface area contributed by atoms with E-state index in [1.807, 2.05) is 31.1 Å². The molecule has 2 bridgehead atoms. The van der Waals surface area contributed by atoms with Gasteiger partial charge >= 0.3 is 0 Å². The average Bonchev–Trinajstić information content (AvgIpc) is 2.92. The smallest absolute Gasteiger partial charge is 0.225 e. The Morgan fingerprint density at radius 1 is 1.04 bits per heavy atom. The Labute approximate surface area is 156 Å². The molecule has 2 atom stereocenters. The number of nitrogens with zero attached hydrogens (tertiary/aromatic N) is 5. The summed E-state index contributed by atoms with van der Waals surface area (Å²) in [7, 11) is 2.21. The summed E-state index contributed by atoms with van der Waals surface area (Å²) in [5.74, 6) is 1.75. The first-order chi connectivity index (χ1) is 12.5. The third kappa shape index (κ3) is 3.31. The molecule has 0 radical (unpaired) electrons. The molecule has 142 valence electrons. The molecular formula is C20H31N5O. The molecule has 6 nitrogen and oxygen atoms in total. The number of amides is 1. The van der Waals surface area contributed by atoms with E-state index in [-0.39, 0.29) is 11.8 Å². The number of likely N-dealkylation sites (N-methyl/N-ethyl adjacent to an activating group) is 1. The van der Waals surface area contributed by atoms with Gasteiger partial charge in [-0.15, -0.1) is 0 Å². The van der Waals surface area contributed by atoms with Crippen LogP contribution < -0.4 is 4.90 Å². The van der Waals surface area contributed by atoms with Crippen molar-refractivity contribution in [2.75, 3.05) is 38.1 Å². The third-order valence-corrected chi connectivity index (χ3v) is 6.33. The maximum Gasteiger partial charge on any atom is 0.225 e. The van der Waals surface area contributed by atoms with E-state index in [1.54, 1.807) is 0 Å². The van der Waals surface area contributed by atoms with Crippen LogP contribution in [0.3, 0.4) is 0 Å². The molecule has 6 heteroatoms. The summed E-state index contributed by atoms with van der Waals surface area (Å²) >= 11 is 0. The lowest BCUT2D eigenvalue weighted by Crippen LogP contribution is -2.53. The van der Waals surface area contributed by atoms with Crippen molar-refractivity contribution in [3.05, 3.63) is 18.0 Å². The van der Waals surface area contributed by atoms with Crippen molar-refractivity contribution in [2.24, 2.45) is 5.92 Å². The molecule has 0 aliphatic carbocycles. The number of anilines is 1. The second kappa shape index (κ2) is 7.14. The van der Waals surface area contributed by atoms with Gasteiger partial charge in [0, 0.05) is 56.6 Å². The molecule has 3 aliphatic heterocycles. The first kappa shape index (κ1) is 17.7. The van der Waals surface area contributed by atoms with Gasteiger partial charge in [-0.2, -0.15) is 0 Å². The van der Waals surface area contributed by atoms with E-state index < -0.39 is 0 Å². The molecule has 4 rings (SSSR count). The fraction of sp³-hybridized carbons (Fsp3) is 0.750. The second-order valence-electron chi connectivity index (χ2n) is 8.58. The molecule has 1 aromatic heterocycles. The molecule has 0 N–H and O–H groups in total. The Bertz CT molecular complexity index is 624. The van der Waals surface area contributed by atoms with E-state index in [4.69, 9.17) is 9.97 Å². The number of likely N-dealkylation sites (tertiary alicyclic amines) is 2. The molecule has 2 unspecified atom stereocenters. The molecule has 0 aromatic carbocycles. The number of carbonyl (C=O) groups excluding carboxylic acids is 1. The van der Waals surface area contributed by atoms with Gasteiger partial charge in [-0.3, -0.25) is 4.79 Å².